The highest BCUT2D eigenvalue weighted by molar-refractivity contribution is 5.15. The predicted octanol–water partition coefficient (Wildman–Crippen LogP) is 3.95. The van der Waals surface area contributed by atoms with Crippen molar-refractivity contribution >= 4 is 0 Å². The van der Waals surface area contributed by atoms with Crippen molar-refractivity contribution in [2.24, 2.45) is 0 Å². The average Bonchev–Trinajstić information content (AvgIpc) is 2.94. The maximum absolute atomic E-state index is 5.52. The molecule has 0 saturated heterocycles. The molecule has 1 atom stereocenters. The van der Waals surface area contributed by atoms with Crippen LogP contribution in [0.25, 0.3) is 0 Å². The molecular weight excluding hydrogens is 222 g/mol. The zero-order valence-corrected chi connectivity index (χ0v) is 10.9. The van der Waals surface area contributed by atoms with E-state index in [-0.39, 0.29) is 0 Å². The lowest BCUT2D eigenvalue weighted by Gasteiger charge is -2.16. The molecule has 2 nitrogen and oxygen atoms in total. The molecule has 2 heteroatoms. The molecule has 0 fully saturated rings. The third-order valence-corrected chi connectivity index (χ3v) is 3.09. The monoisotopic (exact) mass is 243 g/mol. The van der Waals surface area contributed by atoms with Crippen LogP contribution in [0.4, 0.5) is 0 Å². The Labute approximate surface area is 109 Å². The topological polar surface area (TPSA) is 25.2 Å². The molecule has 18 heavy (non-hydrogen) atoms. The number of aryl methyl sites for hydroxylation is 1. The Morgan fingerprint density at radius 1 is 1.11 bits per heavy atom. The third kappa shape index (κ3) is 3.74. The predicted molar refractivity (Wildman–Crippen MR) is 74.5 cm³/mol. The van der Waals surface area contributed by atoms with E-state index in [1.165, 1.54) is 5.56 Å². The fourth-order valence-electron chi connectivity index (χ4n) is 2.11. The molecule has 96 valence electrons. The van der Waals surface area contributed by atoms with Gasteiger partial charge in [0.15, 0.2) is 0 Å². The Morgan fingerprint density at radius 2 is 1.94 bits per heavy atom. The van der Waals surface area contributed by atoms with Gasteiger partial charge in [0.1, 0.15) is 5.76 Å². The smallest absolute Gasteiger partial charge is 0.120 e. The van der Waals surface area contributed by atoms with Crippen LogP contribution in [0.15, 0.2) is 53.1 Å². The zero-order chi connectivity index (χ0) is 12.6. The first kappa shape index (κ1) is 12.9. The Bertz CT molecular complexity index is 422. The van der Waals surface area contributed by atoms with Gasteiger partial charge in [-0.3, -0.25) is 0 Å². The summed E-state index contributed by atoms with van der Waals surface area (Å²) in [6.07, 6.45) is 5.03. The summed E-state index contributed by atoms with van der Waals surface area (Å²) in [5.74, 6) is 1.04. The maximum Gasteiger partial charge on any atom is 0.120 e. The lowest BCUT2D eigenvalue weighted by Crippen LogP contribution is -2.22. The first-order valence-electron chi connectivity index (χ1n) is 6.71. The van der Waals surface area contributed by atoms with Gasteiger partial charge < -0.3 is 9.73 Å². The zero-order valence-electron chi connectivity index (χ0n) is 10.9. The van der Waals surface area contributed by atoms with Crippen LogP contribution in [0.1, 0.15) is 37.1 Å². The van der Waals surface area contributed by atoms with Crippen molar-refractivity contribution in [1.29, 1.82) is 0 Å². The SMILES string of the molecule is CCCNC(CCc1ccccc1)c1ccco1. The summed E-state index contributed by atoms with van der Waals surface area (Å²) in [4.78, 5) is 0. The number of hydrogen-bond donors (Lipinski definition) is 1. The van der Waals surface area contributed by atoms with Crippen LogP contribution in [0.5, 0.6) is 0 Å². The second kappa shape index (κ2) is 7.02. The van der Waals surface area contributed by atoms with E-state index in [2.05, 4.69) is 48.6 Å². The van der Waals surface area contributed by atoms with Crippen LogP contribution in [0.2, 0.25) is 0 Å². The van der Waals surface area contributed by atoms with Gasteiger partial charge in [0.25, 0.3) is 0 Å². The van der Waals surface area contributed by atoms with Gasteiger partial charge in [-0.05, 0) is 43.5 Å². The van der Waals surface area contributed by atoms with E-state index >= 15 is 0 Å². The first-order chi connectivity index (χ1) is 8.90. The fourth-order valence-corrected chi connectivity index (χ4v) is 2.11. The number of nitrogens with one attached hydrogen (secondary N) is 1. The fraction of sp³-hybridized carbons (Fsp3) is 0.375. The molecule has 1 aromatic carbocycles. The molecule has 1 N–H and O–H groups in total. The minimum Gasteiger partial charge on any atom is -0.468 e. The summed E-state index contributed by atoms with van der Waals surface area (Å²) in [6.45, 7) is 3.21. The summed E-state index contributed by atoms with van der Waals surface area (Å²) >= 11 is 0. The molecule has 2 aromatic rings. The first-order valence-corrected chi connectivity index (χ1v) is 6.71. The van der Waals surface area contributed by atoms with Gasteiger partial charge in [-0.1, -0.05) is 37.3 Å². The summed E-state index contributed by atoms with van der Waals surface area (Å²) < 4.78 is 5.52. The van der Waals surface area contributed by atoms with Crippen molar-refractivity contribution < 1.29 is 4.42 Å². The van der Waals surface area contributed by atoms with E-state index in [9.17, 15) is 0 Å². The molecule has 0 aliphatic heterocycles. The van der Waals surface area contributed by atoms with Crippen LogP contribution in [-0.4, -0.2) is 6.54 Å². The van der Waals surface area contributed by atoms with E-state index < -0.39 is 0 Å². The van der Waals surface area contributed by atoms with Crippen LogP contribution >= 0.6 is 0 Å². The molecule has 1 unspecified atom stereocenters. The molecule has 0 radical (unpaired) electrons. The second-order valence-corrected chi connectivity index (χ2v) is 4.55. The standard InChI is InChI=1S/C16H21NO/c1-2-12-17-15(16-9-6-13-18-16)11-10-14-7-4-3-5-8-14/h3-9,13,15,17H,2,10-12H2,1H3. The van der Waals surface area contributed by atoms with Crippen molar-refractivity contribution in [1.82, 2.24) is 5.32 Å². The van der Waals surface area contributed by atoms with Gasteiger partial charge in [0.05, 0.1) is 12.3 Å². The van der Waals surface area contributed by atoms with E-state index in [1.807, 2.05) is 6.07 Å². The highest BCUT2D eigenvalue weighted by Gasteiger charge is 2.13. The number of furan rings is 1. The van der Waals surface area contributed by atoms with Crippen molar-refractivity contribution in [2.45, 2.75) is 32.2 Å². The average molecular weight is 243 g/mol. The van der Waals surface area contributed by atoms with Crippen LogP contribution < -0.4 is 5.32 Å². The van der Waals surface area contributed by atoms with Crippen molar-refractivity contribution in [3.63, 3.8) is 0 Å². The highest BCUT2D eigenvalue weighted by atomic mass is 16.3. The summed E-state index contributed by atoms with van der Waals surface area (Å²) in [6, 6.07) is 14.9. The maximum atomic E-state index is 5.52. The molecular formula is C16H21NO. The number of hydrogen-bond acceptors (Lipinski definition) is 2. The number of rotatable bonds is 7. The minimum absolute atomic E-state index is 0.320. The Hall–Kier alpha value is -1.54. The van der Waals surface area contributed by atoms with Gasteiger partial charge in [-0.25, -0.2) is 0 Å². The third-order valence-electron chi connectivity index (χ3n) is 3.09. The molecule has 0 bridgehead atoms. The van der Waals surface area contributed by atoms with E-state index in [1.54, 1.807) is 6.26 Å². The van der Waals surface area contributed by atoms with Gasteiger partial charge in [-0.2, -0.15) is 0 Å². The molecule has 1 aromatic heterocycles. The number of benzene rings is 1. The molecule has 0 spiro atoms. The molecule has 1 heterocycles. The molecule has 0 aliphatic rings. The van der Waals surface area contributed by atoms with Crippen molar-refractivity contribution in [3.8, 4) is 0 Å². The second-order valence-electron chi connectivity index (χ2n) is 4.55. The Morgan fingerprint density at radius 3 is 2.61 bits per heavy atom. The molecule has 2 rings (SSSR count). The minimum atomic E-state index is 0.320. The van der Waals surface area contributed by atoms with Crippen molar-refractivity contribution in [2.75, 3.05) is 6.54 Å². The molecule has 0 aliphatic carbocycles. The molecule has 0 saturated carbocycles. The van der Waals surface area contributed by atoms with Crippen molar-refractivity contribution in [3.05, 3.63) is 60.1 Å². The van der Waals surface area contributed by atoms with Crippen LogP contribution in [0, 0.1) is 0 Å². The summed E-state index contributed by atoms with van der Waals surface area (Å²) in [5, 5.41) is 3.55. The van der Waals surface area contributed by atoms with Crippen LogP contribution in [-0.2, 0) is 6.42 Å². The largest absolute Gasteiger partial charge is 0.468 e. The van der Waals surface area contributed by atoms with Gasteiger partial charge >= 0.3 is 0 Å². The Kier molecular flexibility index (Phi) is 5.03. The Balaban J connectivity index is 1.93. The van der Waals surface area contributed by atoms with Gasteiger partial charge in [0.2, 0.25) is 0 Å². The summed E-state index contributed by atoms with van der Waals surface area (Å²) in [5.41, 5.74) is 1.38. The lowest BCUT2D eigenvalue weighted by atomic mass is 10.0. The molecule has 0 amide bonds. The van der Waals surface area contributed by atoms with Crippen LogP contribution in [0.3, 0.4) is 0 Å². The van der Waals surface area contributed by atoms with Gasteiger partial charge in [0, 0.05) is 0 Å². The highest BCUT2D eigenvalue weighted by Crippen LogP contribution is 2.19. The van der Waals surface area contributed by atoms with E-state index in [4.69, 9.17) is 4.42 Å². The van der Waals surface area contributed by atoms with E-state index in [0.29, 0.717) is 6.04 Å². The summed E-state index contributed by atoms with van der Waals surface area (Å²) in [7, 11) is 0. The normalized spacial score (nSPS) is 12.5. The van der Waals surface area contributed by atoms with E-state index in [0.717, 1.165) is 31.6 Å². The van der Waals surface area contributed by atoms with Gasteiger partial charge in [-0.15, -0.1) is 0 Å². The lowest BCUT2D eigenvalue weighted by molar-refractivity contribution is 0.396. The quantitative estimate of drug-likeness (QED) is 0.796.